The number of nitrogens with one attached hydrogen (secondary N) is 1. The van der Waals surface area contributed by atoms with Gasteiger partial charge in [-0.2, -0.15) is 0 Å². The second-order valence-electron chi connectivity index (χ2n) is 4.91. The summed E-state index contributed by atoms with van der Waals surface area (Å²) in [5.41, 5.74) is -0.0910. The molecule has 0 saturated carbocycles. The summed E-state index contributed by atoms with van der Waals surface area (Å²) in [6, 6.07) is 3.36. The van der Waals surface area contributed by atoms with Gasteiger partial charge in [0.1, 0.15) is 5.76 Å². The van der Waals surface area contributed by atoms with Crippen LogP contribution in [0.5, 0.6) is 0 Å². The Balaban J connectivity index is 2.55. The number of alkyl halides is 1. The molecular formula is C13H21ClN2O2. The van der Waals surface area contributed by atoms with E-state index in [1.54, 1.807) is 12.1 Å². The van der Waals surface area contributed by atoms with E-state index in [0.717, 1.165) is 6.54 Å². The van der Waals surface area contributed by atoms with Gasteiger partial charge in [-0.15, -0.1) is 11.6 Å². The monoisotopic (exact) mass is 272 g/mol. The first-order chi connectivity index (χ1) is 8.40. The minimum atomic E-state index is -0.205. The van der Waals surface area contributed by atoms with Gasteiger partial charge >= 0.3 is 0 Å². The van der Waals surface area contributed by atoms with Crippen molar-refractivity contribution >= 4 is 17.5 Å². The highest BCUT2D eigenvalue weighted by Gasteiger charge is 2.23. The summed E-state index contributed by atoms with van der Waals surface area (Å²) in [7, 11) is 2.03. The van der Waals surface area contributed by atoms with Crippen molar-refractivity contribution < 1.29 is 9.21 Å². The minimum absolute atomic E-state index is 0.0910. The molecule has 1 rings (SSSR count). The van der Waals surface area contributed by atoms with Crippen LogP contribution in [-0.4, -0.2) is 36.5 Å². The Labute approximate surface area is 113 Å². The number of nitrogens with zero attached hydrogens (tertiary/aromatic N) is 1. The van der Waals surface area contributed by atoms with Gasteiger partial charge in [-0.3, -0.25) is 9.69 Å². The Kier molecular flexibility index (Phi) is 5.23. The Morgan fingerprint density at radius 2 is 2.17 bits per heavy atom. The first-order valence-corrected chi connectivity index (χ1v) is 6.58. The third kappa shape index (κ3) is 3.75. The first-order valence-electron chi connectivity index (χ1n) is 6.05. The molecule has 1 amide bonds. The molecule has 102 valence electrons. The smallest absolute Gasteiger partial charge is 0.287 e. The predicted molar refractivity (Wildman–Crippen MR) is 73.0 cm³/mol. The lowest BCUT2D eigenvalue weighted by Gasteiger charge is -2.34. The van der Waals surface area contributed by atoms with Crippen molar-refractivity contribution in [2.24, 2.45) is 0 Å². The number of halogens is 1. The lowest BCUT2D eigenvalue weighted by Crippen LogP contribution is -2.49. The summed E-state index contributed by atoms with van der Waals surface area (Å²) in [5.74, 6) is 0.980. The Morgan fingerprint density at radius 3 is 2.67 bits per heavy atom. The zero-order valence-electron chi connectivity index (χ0n) is 11.4. The lowest BCUT2D eigenvalue weighted by atomic mass is 10.0. The Bertz CT molecular complexity index is 401. The van der Waals surface area contributed by atoms with Crippen molar-refractivity contribution in [2.75, 3.05) is 20.1 Å². The van der Waals surface area contributed by atoms with Crippen LogP contribution in [-0.2, 0) is 5.88 Å². The fourth-order valence-electron chi connectivity index (χ4n) is 1.52. The number of carbonyl (C=O) groups excluding carboxylic acids is 1. The van der Waals surface area contributed by atoms with E-state index < -0.39 is 0 Å². The van der Waals surface area contributed by atoms with Gasteiger partial charge in [-0.25, -0.2) is 0 Å². The van der Waals surface area contributed by atoms with Crippen LogP contribution in [0, 0.1) is 0 Å². The molecule has 1 heterocycles. The maximum Gasteiger partial charge on any atom is 0.287 e. The second kappa shape index (κ2) is 6.25. The van der Waals surface area contributed by atoms with Gasteiger partial charge in [0.15, 0.2) is 5.76 Å². The predicted octanol–water partition coefficient (Wildman–Crippen LogP) is 2.48. The molecule has 5 heteroatoms. The molecule has 4 nitrogen and oxygen atoms in total. The van der Waals surface area contributed by atoms with Crippen LogP contribution >= 0.6 is 11.6 Å². The van der Waals surface area contributed by atoms with Crippen molar-refractivity contribution in [3.05, 3.63) is 23.7 Å². The standard InChI is InChI=1S/C13H21ClN2O2/c1-5-16(4)13(2,3)9-15-12(17)11-7-6-10(8-14)18-11/h6-7H,5,8-9H2,1-4H3,(H,15,17). The van der Waals surface area contributed by atoms with Crippen LogP contribution in [0.25, 0.3) is 0 Å². The number of carbonyl (C=O) groups is 1. The van der Waals surface area contributed by atoms with Crippen LogP contribution < -0.4 is 5.32 Å². The number of amides is 1. The van der Waals surface area contributed by atoms with Crippen LogP contribution in [0.1, 0.15) is 37.1 Å². The number of hydrogen-bond acceptors (Lipinski definition) is 3. The van der Waals surface area contributed by atoms with Crippen molar-refractivity contribution in [1.82, 2.24) is 10.2 Å². The summed E-state index contributed by atoms with van der Waals surface area (Å²) in [4.78, 5) is 14.0. The fourth-order valence-corrected chi connectivity index (χ4v) is 1.66. The topological polar surface area (TPSA) is 45.5 Å². The number of likely N-dealkylation sites (N-methyl/N-ethyl adjacent to an activating group) is 1. The summed E-state index contributed by atoms with van der Waals surface area (Å²) < 4.78 is 5.29. The summed E-state index contributed by atoms with van der Waals surface area (Å²) in [6.45, 7) is 7.75. The van der Waals surface area contributed by atoms with Gasteiger partial charge in [0.05, 0.1) is 5.88 Å². The zero-order valence-corrected chi connectivity index (χ0v) is 12.2. The van der Waals surface area contributed by atoms with Crippen molar-refractivity contribution in [3.8, 4) is 0 Å². The SMILES string of the molecule is CCN(C)C(C)(C)CNC(=O)c1ccc(CCl)o1. The molecule has 0 bridgehead atoms. The normalized spacial score (nSPS) is 11.9. The molecule has 1 aromatic rings. The van der Waals surface area contributed by atoms with Crippen molar-refractivity contribution in [3.63, 3.8) is 0 Å². The molecule has 0 aromatic carbocycles. The highest BCUT2D eigenvalue weighted by atomic mass is 35.5. The van der Waals surface area contributed by atoms with Crippen LogP contribution in [0.15, 0.2) is 16.5 Å². The van der Waals surface area contributed by atoms with Crippen molar-refractivity contribution in [1.29, 1.82) is 0 Å². The average molecular weight is 273 g/mol. The lowest BCUT2D eigenvalue weighted by molar-refractivity contribution is 0.0879. The molecule has 0 saturated heterocycles. The zero-order chi connectivity index (χ0) is 13.8. The molecule has 1 aromatic heterocycles. The summed E-state index contributed by atoms with van der Waals surface area (Å²) >= 11 is 5.62. The van der Waals surface area contributed by atoms with E-state index in [1.807, 2.05) is 7.05 Å². The molecule has 0 aliphatic heterocycles. The van der Waals surface area contributed by atoms with Gasteiger partial charge in [0.2, 0.25) is 0 Å². The largest absolute Gasteiger partial charge is 0.455 e. The fraction of sp³-hybridized carbons (Fsp3) is 0.615. The van der Waals surface area contributed by atoms with E-state index in [0.29, 0.717) is 18.1 Å². The van der Waals surface area contributed by atoms with E-state index in [2.05, 4.69) is 31.0 Å². The van der Waals surface area contributed by atoms with Crippen LogP contribution in [0.2, 0.25) is 0 Å². The first kappa shape index (κ1) is 15.1. The molecule has 18 heavy (non-hydrogen) atoms. The molecule has 0 radical (unpaired) electrons. The molecular weight excluding hydrogens is 252 g/mol. The van der Waals surface area contributed by atoms with E-state index in [-0.39, 0.29) is 17.3 Å². The molecule has 0 aliphatic carbocycles. The van der Waals surface area contributed by atoms with Gasteiger partial charge in [-0.1, -0.05) is 6.92 Å². The van der Waals surface area contributed by atoms with E-state index in [1.165, 1.54) is 0 Å². The number of rotatable bonds is 6. The second-order valence-corrected chi connectivity index (χ2v) is 5.18. The van der Waals surface area contributed by atoms with E-state index in [9.17, 15) is 4.79 Å². The number of furan rings is 1. The quantitative estimate of drug-likeness (QED) is 0.810. The van der Waals surface area contributed by atoms with Crippen LogP contribution in [0.3, 0.4) is 0 Å². The maximum atomic E-state index is 11.9. The third-order valence-corrected chi connectivity index (χ3v) is 3.47. The molecule has 0 unspecified atom stereocenters. The van der Waals surface area contributed by atoms with Crippen molar-refractivity contribution in [2.45, 2.75) is 32.2 Å². The van der Waals surface area contributed by atoms with Gasteiger partial charge < -0.3 is 9.73 Å². The highest BCUT2D eigenvalue weighted by Crippen LogP contribution is 2.12. The summed E-state index contributed by atoms with van der Waals surface area (Å²) in [6.07, 6.45) is 0. The molecule has 0 spiro atoms. The van der Waals surface area contributed by atoms with Gasteiger partial charge in [0, 0.05) is 12.1 Å². The van der Waals surface area contributed by atoms with E-state index in [4.69, 9.17) is 16.0 Å². The molecule has 0 atom stereocenters. The third-order valence-electron chi connectivity index (χ3n) is 3.21. The van der Waals surface area contributed by atoms with Crippen LogP contribution in [0.4, 0.5) is 0 Å². The number of hydrogen-bond donors (Lipinski definition) is 1. The Morgan fingerprint density at radius 1 is 1.50 bits per heavy atom. The maximum absolute atomic E-state index is 11.9. The summed E-state index contributed by atoms with van der Waals surface area (Å²) in [5, 5.41) is 2.87. The highest BCUT2D eigenvalue weighted by molar-refractivity contribution is 6.16. The molecule has 0 aliphatic rings. The minimum Gasteiger partial charge on any atom is -0.455 e. The van der Waals surface area contributed by atoms with E-state index >= 15 is 0 Å². The van der Waals surface area contributed by atoms with Gasteiger partial charge in [-0.05, 0) is 39.6 Å². The molecule has 0 fully saturated rings. The Hall–Kier alpha value is -1.00. The van der Waals surface area contributed by atoms with Gasteiger partial charge in [0.25, 0.3) is 5.91 Å². The molecule has 1 N–H and O–H groups in total. The average Bonchev–Trinajstić information content (AvgIpc) is 2.83.